The van der Waals surface area contributed by atoms with Gasteiger partial charge >= 0.3 is 6.18 Å². The van der Waals surface area contributed by atoms with Crippen molar-refractivity contribution in [3.63, 3.8) is 0 Å². The number of nitrogens with zero attached hydrogens (tertiary/aromatic N) is 3. The Morgan fingerprint density at radius 1 is 1.28 bits per heavy atom. The third-order valence-corrected chi connectivity index (χ3v) is 2.45. The highest BCUT2D eigenvalue weighted by atomic mass is 19.4. The van der Waals surface area contributed by atoms with E-state index < -0.39 is 11.9 Å². The van der Waals surface area contributed by atoms with Crippen LogP contribution in [-0.4, -0.2) is 14.8 Å². The topological polar surface area (TPSA) is 30.7 Å². The van der Waals surface area contributed by atoms with Crippen LogP contribution in [0.15, 0.2) is 30.5 Å². The Morgan fingerprint density at radius 2 is 2.06 bits per heavy atom. The molecule has 0 aliphatic carbocycles. The van der Waals surface area contributed by atoms with Gasteiger partial charge in [-0.3, -0.25) is 0 Å². The molecular weight excluding hydrogens is 243 g/mol. The van der Waals surface area contributed by atoms with Crippen molar-refractivity contribution < 1.29 is 13.2 Å². The highest BCUT2D eigenvalue weighted by Crippen LogP contribution is 2.29. The van der Waals surface area contributed by atoms with Gasteiger partial charge in [0.1, 0.15) is 0 Å². The molecule has 0 amide bonds. The Morgan fingerprint density at radius 3 is 2.61 bits per heavy atom. The van der Waals surface area contributed by atoms with Crippen LogP contribution in [0.25, 0.3) is 5.82 Å². The first-order valence-electron chi connectivity index (χ1n) is 5.60. The molecule has 0 N–H and O–H groups in total. The second kappa shape index (κ2) is 4.80. The Labute approximate surface area is 102 Å². The van der Waals surface area contributed by atoms with E-state index in [0.29, 0.717) is 17.9 Å². The first kappa shape index (κ1) is 12.6. The second-order valence-corrected chi connectivity index (χ2v) is 3.87. The SMILES string of the molecule is CCCc1cc(C(F)(F)F)nn1-c1ccccn1. The molecule has 0 aliphatic rings. The zero-order chi connectivity index (χ0) is 13.2. The molecule has 0 fully saturated rings. The Kier molecular flexibility index (Phi) is 3.36. The van der Waals surface area contributed by atoms with Crippen LogP contribution in [0.2, 0.25) is 0 Å². The van der Waals surface area contributed by atoms with Crippen LogP contribution in [0, 0.1) is 0 Å². The Balaban J connectivity index is 2.49. The molecule has 6 heteroatoms. The Hall–Kier alpha value is -1.85. The molecule has 0 aliphatic heterocycles. The highest BCUT2D eigenvalue weighted by Gasteiger charge is 2.35. The zero-order valence-electron chi connectivity index (χ0n) is 9.78. The van der Waals surface area contributed by atoms with E-state index in [-0.39, 0.29) is 0 Å². The molecule has 0 saturated heterocycles. The molecule has 2 aromatic rings. The van der Waals surface area contributed by atoms with Gasteiger partial charge in [0.05, 0.1) is 0 Å². The van der Waals surface area contributed by atoms with E-state index in [1.807, 2.05) is 6.92 Å². The van der Waals surface area contributed by atoms with Crippen molar-refractivity contribution in [3.05, 3.63) is 41.9 Å². The molecular formula is C12H12F3N3. The summed E-state index contributed by atoms with van der Waals surface area (Å²) >= 11 is 0. The molecule has 0 unspecified atom stereocenters. The van der Waals surface area contributed by atoms with Gasteiger partial charge < -0.3 is 0 Å². The summed E-state index contributed by atoms with van der Waals surface area (Å²) in [6.45, 7) is 1.91. The van der Waals surface area contributed by atoms with Crippen molar-refractivity contribution in [3.8, 4) is 5.82 Å². The fourth-order valence-electron chi connectivity index (χ4n) is 1.67. The third-order valence-electron chi connectivity index (χ3n) is 2.45. The number of pyridine rings is 1. The summed E-state index contributed by atoms with van der Waals surface area (Å²) in [6, 6.07) is 6.13. The lowest BCUT2D eigenvalue weighted by Gasteiger charge is -2.04. The van der Waals surface area contributed by atoms with Gasteiger partial charge in [-0.05, 0) is 24.6 Å². The van der Waals surface area contributed by atoms with E-state index in [4.69, 9.17) is 0 Å². The molecule has 3 nitrogen and oxygen atoms in total. The number of rotatable bonds is 3. The molecule has 0 aromatic carbocycles. The minimum absolute atomic E-state index is 0.399. The minimum atomic E-state index is -4.43. The second-order valence-electron chi connectivity index (χ2n) is 3.87. The van der Waals surface area contributed by atoms with Crippen molar-refractivity contribution in [2.75, 3.05) is 0 Å². The highest BCUT2D eigenvalue weighted by molar-refractivity contribution is 5.27. The van der Waals surface area contributed by atoms with Gasteiger partial charge in [-0.15, -0.1) is 0 Å². The first-order valence-corrected chi connectivity index (χ1v) is 5.60. The van der Waals surface area contributed by atoms with Crippen molar-refractivity contribution in [2.24, 2.45) is 0 Å². The van der Waals surface area contributed by atoms with Crippen LogP contribution in [0.1, 0.15) is 24.7 Å². The lowest BCUT2D eigenvalue weighted by molar-refractivity contribution is -0.141. The molecule has 0 spiro atoms. The van der Waals surface area contributed by atoms with Gasteiger partial charge in [-0.2, -0.15) is 18.3 Å². The summed E-state index contributed by atoms with van der Waals surface area (Å²) in [7, 11) is 0. The van der Waals surface area contributed by atoms with Gasteiger partial charge in [0.15, 0.2) is 11.5 Å². The first-order chi connectivity index (χ1) is 8.52. The number of aryl methyl sites for hydroxylation is 1. The average molecular weight is 255 g/mol. The summed E-state index contributed by atoms with van der Waals surface area (Å²) in [6.07, 6.45) is -1.63. The van der Waals surface area contributed by atoms with Crippen LogP contribution in [0.4, 0.5) is 13.2 Å². The molecule has 18 heavy (non-hydrogen) atoms. The number of hydrogen-bond acceptors (Lipinski definition) is 2. The van der Waals surface area contributed by atoms with Crippen LogP contribution < -0.4 is 0 Å². The molecule has 96 valence electrons. The van der Waals surface area contributed by atoms with Crippen molar-refractivity contribution >= 4 is 0 Å². The van der Waals surface area contributed by atoms with Crippen LogP contribution in [0.5, 0.6) is 0 Å². The quantitative estimate of drug-likeness (QED) is 0.843. The molecule has 0 bridgehead atoms. The smallest absolute Gasteiger partial charge is 0.237 e. The summed E-state index contributed by atoms with van der Waals surface area (Å²) in [5.74, 6) is 0.399. The summed E-state index contributed by atoms with van der Waals surface area (Å²) in [5, 5.41) is 3.60. The fourth-order valence-corrected chi connectivity index (χ4v) is 1.67. The number of alkyl halides is 3. The van der Waals surface area contributed by atoms with Gasteiger partial charge in [-0.25, -0.2) is 9.67 Å². The maximum atomic E-state index is 12.6. The van der Waals surface area contributed by atoms with Crippen molar-refractivity contribution in [1.82, 2.24) is 14.8 Å². The van der Waals surface area contributed by atoms with E-state index in [1.54, 1.807) is 18.2 Å². The number of hydrogen-bond donors (Lipinski definition) is 0. The molecule has 2 heterocycles. The van der Waals surface area contributed by atoms with E-state index in [2.05, 4.69) is 10.1 Å². The van der Waals surface area contributed by atoms with Gasteiger partial charge in [0.2, 0.25) is 0 Å². The Bertz CT molecular complexity index is 517. The minimum Gasteiger partial charge on any atom is -0.237 e. The van der Waals surface area contributed by atoms with E-state index in [1.165, 1.54) is 10.9 Å². The van der Waals surface area contributed by atoms with Crippen molar-refractivity contribution in [1.29, 1.82) is 0 Å². The number of halogens is 3. The molecule has 2 aromatic heterocycles. The lowest BCUT2D eigenvalue weighted by Crippen LogP contribution is -2.08. The molecule has 2 rings (SSSR count). The lowest BCUT2D eigenvalue weighted by atomic mass is 10.2. The van der Waals surface area contributed by atoms with Crippen LogP contribution in [0.3, 0.4) is 0 Å². The zero-order valence-corrected chi connectivity index (χ0v) is 9.78. The summed E-state index contributed by atoms with van der Waals surface area (Å²) in [5.41, 5.74) is -0.361. The van der Waals surface area contributed by atoms with Gasteiger partial charge in [-0.1, -0.05) is 19.4 Å². The van der Waals surface area contributed by atoms with E-state index >= 15 is 0 Å². The fraction of sp³-hybridized carbons (Fsp3) is 0.333. The molecule has 0 atom stereocenters. The predicted molar refractivity (Wildman–Crippen MR) is 60.4 cm³/mol. The van der Waals surface area contributed by atoms with Gasteiger partial charge in [0.25, 0.3) is 0 Å². The average Bonchev–Trinajstić information content (AvgIpc) is 2.75. The normalized spacial score (nSPS) is 11.8. The van der Waals surface area contributed by atoms with Crippen LogP contribution in [-0.2, 0) is 12.6 Å². The maximum Gasteiger partial charge on any atom is 0.435 e. The molecule has 0 radical (unpaired) electrons. The van der Waals surface area contributed by atoms with E-state index in [9.17, 15) is 13.2 Å². The van der Waals surface area contributed by atoms with Gasteiger partial charge in [0, 0.05) is 11.9 Å². The van der Waals surface area contributed by atoms with E-state index in [0.717, 1.165) is 12.5 Å². The van der Waals surface area contributed by atoms with Crippen LogP contribution >= 0.6 is 0 Å². The monoisotopic (exact) mass is 255 g/mol. The summed E-state index contributed by atoms with van der Waals surface area (Å²) in [4.78, 5) is 4.02. The maximum absolute atomic E-state index is 12.6. The predicted octanol–water partition coefficient (Wildman–Crippen LogP) is 3.24. The molecule has 0 saturated carbocycles. The standard InChI is InChI=1S/C12H12F3N3/c1-2-5-9-8-10(12(13,14)15)17-18(9)11-6-3-4-7-16-11/h3-4,6-8H,2,5H2,1H3. The number of aromatic nitrogens is 3. The largest absolute Gasteiger partial charge is 0.435 e. The van der Waals surface area contributed by atoms with Crippen molar-refractivity contribution in [2.45, 2.75) is 25.9 Å². The third kappa shape index (κ3) is 2.52. The summed E-state index contributed by atoms with van der Waals surface area (Å²) < 4.78 is 39.2.